The summed E-state index contributed by atoms with van der Waals surface area (Å²) in [5.74, 6) is 2.18. The number of hydrogen-bond acceptors (Lipinski definition) is 3. The van der Waals surface area contributed by atoms with Crippen molar-refractivity contribution in [2.24, 2.45) is 17.8 Å². The van der Waals surface area contributed by atoms with Crippen LogP contribution in [-0.2, 0) is 0 Å². The fourth-order valence-corrected chi connectivity index (χ4v) is 4.35. The van der Waals surface area contributed by atoms with Crippen LogP contribution in [0.15, 0.2) is 0 Å². The van der Waals surface area contributed by atoms with Crippen LogP contribution in [0.5, 0.6) is 0 Å². The highest BCUT2D eigenvalue weighted by atomic mass is 16.3. The van der Waals surface area contributed by atoms with Crippen molar-refractivity contribution in [1.29, 1.82) is 0 Å². The van der Waals surface area contributed by atoms with Gasteiger partial charge in [-0.1, -0.05) is 13.8 Å². The Morgan fingerprint density at radius 2 is 1.74 bits per heavy atom. The SMILES string of the molecule is CC1CC(C)C(N2CCC(CN(C)C)CC2)C(O)C1. The first kappa shape index (κ1) is 15.3. The topological polar surface area (TPSA) is 26.7 Å². The molecule has 3 nitrogen and oxygen atoms in total. The third kappa shape index (κ3) is 3.93. The van der Waals surface area contributed by atoms with E-state index in [2.05, 4.69) is 37.7 Å². The van der Waals surface area contributed by atoms with Gasteiger partial charge < -0.3 is 10.0 Å². The van der Waals surface area contributed by atoms with Crippen molar-refractivity contribution in [2.75, 3.05) is 33.7 Å². The van der Waals surface area contributed by atoms with Crippen LogP contribution in [0.4, 0.5) is 0 Å². The van der Waals surface area contributed by atoms with Crippen molar-refractivity contribution in [2.45, 2.75) is 51.7 Å². The molecule has 0 aromatic rings. The Hall–Kier alpha value is -0.120. The number of likely N-dealkylation sites (tertiary alicyclic amines) is 1. The fraction of sp³-hybridized carbons (Fsp3) is 1.00. The van der Waals surface area contributed by atoms with Crippen LogP contribution < -0.4 is 0 Å². The van der Waals surface area contributed by atoms with Crippen LogP contribution in [-0.4, -0.2) is 60.8 Å². The standard InChI is InChI=1S/C16H32N2O/c1-12-9-13(2)16(15(19)10-12)18-7-5-14(6-8-18)11-17(3)4/h12-16,19H,5-11H2,1-4H3. The smallest absolute Gasteiger partial charge is 0.0700 e. The number of rotatable bonds is 3. The molecular weight excluding hydrogens is 236 g/mol. The molecule has 1 aliphatic carbocycles. The first-order valence-electron chi connectivity index (χ1n) is 8.04. The number of aliphatic hydroxyl groups excluding tert-OH is 1. The molecule has 1 saturated carbocycles. The van der Waals surface area contributed by atoms with Crippen molar-refractivity contribution in [1.82, 2.24) is 9.80 Å². The van der Waals surface area contributed by atoms with E-state index in [1.54, 1.807) is 0 Å². The van der Waals surface area contributed by atoms with Gasteiger partial charge in [0, 0.05) is 12.6 Å². The van der Waals surface area contributed by atoms with Gasteiger partial charge in [-0.25, -0.2) is 0 Å². The minimum absolute atomic E-state index is 0.107. The minimum atomic E-state index is -0.107. The van der Waals surface area contributed by atoms with E-state index in [9.17, 15) is 5.11 Å². The van der Waals surface area contributed by atoms with Crippen LogP contribution in [0.3, 0.4) is 0 Å². The molecule has 19 heavy (non-hydrogen) atoms. The van der Waals surface area contributed by atoms with Crippen LogP contribution in [0.2, 0.25) is 0 Å². The summed E-state index contributed by atoms with van der Waals surface area (Å²) in [7, 11) is 4.33. The van der Waals surface area contributed by atoms with Gasteiger partial charge in [0.1, 0.15) is 0 Å². The van der Waals surface area contributed by atoms with Crippen molar-refractivity contribution in [3.8, 4) is 0 Å². The molecule has 2 fully saturated rings. The van der Waals surface area contributed by atoms with E-state index in [0.717, 1.165) is 12.3 Å². The van der Waals surface area contributed by atoms with Gasteiger partial charge in [0.05, 0.1) is 6.10 Å². The van der Waals surface area contributed by atoms with Crippen LogP contribution in [0, 0.1) is 17.8 Å². The summed E-state index contributed by atoms with van der Waals surface area (Å²) in [5, 5.41) is 10.4. The third-order valence-electron chi connectivity index (χ3n) is 5.09. The molecular formula is C16H32N2O. The second kappa shape index (κ2) is 6.55. The van der Waals surface area contributed by atoms with Gasteiger partial charge in [-0.15, -0.1) is 0 Å². The lowest BCUT2D eigenvalue weighted by atomic mass is 9.76. The Kier molecular flexibility index (Phi) is 5.27. The molecule has 1 N–H and O–H groups in total. The van der Waals surface area contributed by atoms with Crippen molar-refractivity contribution in [3.63, 3.8) is 0 Å². The summed E-state index contributed by atoms with van der Waals surface area (Å²) >= 11 is 0. The number of aliphatic hydroxyl groups is 1. The van der Waals surface area contributed by atoms with Crippen LogP contribution in [0.25, 0.3) is 0 Å². The molecule has 1 saturated heterocycles. The molecule has 3 heteroatoms. The Morgan fingerprint density at radius 3 is 2.26 bits per heavy atom. The third-order valence-corrected chi connectivity index (χ3v) is 5.09. The average molecular weight is 268 g/mol. The molecule has 0 spiro atoms. The molecule has 4 unspecified atom stereocenters. The first-order chi connectivity index (χ1) is 8.97. The van der Waals surface area contributed by atoms with Crippen LogP contribution >= 0.6 is 0 Å². The normalized spacial score (nSPS) is 38.8. The van der Waals surface area contributed by atoms with E-state index >= 15 is 0 Å². The molecule has 0 bridgehead atoms. The highest BCUT2D eigenvalue weighted by Crippen LogP contribution is 2.34. The molecule has 1 heterocycles. The van der Waals surface area contributed by atoms with Gasteiger partial charge in [-0.3, -0.25) is 4.90 Å². The van der Waals surface area contributed by atoms with Crippen LogP contribution in [0.1, 0.15) is 39.5 Å². The van der Waals surface area contributed by atoms with Gasteiger partial charge >= 0.3 is 0 Å². The van der Waals surface area contributed by atoms with E-state index in [0.29, 0.717) is 17.9 Å². The van der Waals surface area contributed by atoms with E-state index in [1.165, 1.54) is 38.9 Å². The summed E-state index contributed by atoms with van der Waals surface area (Å²) in [6.07, 6.45) is 4.75. The van der Waals surface area contributed by atoms with E-state index in [1.807, 2.05) is 0 Å². The lowest BCUT2D eigenvalue weighted by molar-refractivity contribution is -0.0372. The molecule has 4 atom stereocenters. The fourth-order valence-electron chi connectivity index (χ4n) is 4.35. The predicted molar refractivity (Wildman–Crippen MR) is 80.2 cm³/mol. The largest absolute Gasteiger partial charge is 0.391 e. The molecule has 0 amide bonds. The van der Waals surface area contributed by atoms with Crippen molar-refractivity contribution in [3.05, 3.63) is 0 Å². The first-order valence-corrected chi connectivity index (χ1v) is 8.04. The number of hydrogen-bond donors (Lipinski definition) is 1. The summed E-state index contributed by atoms with van der Waals surface area (Å²) in [6, 6.07) is 0.413. The summed E-state index contributed by atoms with van der Waals surface area (Å²) in [5.41, 5.74) is 0. The second-order valence-electron chi connectivity index (χ2n) is 7.35. The Bertz CT molecular complexity index is 262. The highest BCUT2D eigenvalue weighted by molar-refractivity contribution is 4.91. The Morgan fingerprint density at radius 1 is 1.11 bits per heavy atom. The Labute approximate surface area is 119 Å². The minimum Gasteiger partial charge on any atom is -0.391 e. The van der Waals surface area contributed by atoms with Gasteiger partial charge in [-0.2, -0.15) is 0 Å². The van der Waals surface area contributed by atoms with E-state index in [4.69, 9.17) is 0 Å². The van der Waals surface area contributed by atoms with Crippen molar-refractivity contribution >= 4 is 0 Å². The molecule has 2 aliphatic rings. The zero-order valence-corrected chi connectivity index (χ0v) is 13.2. The maximum atomic E-state index is 10.4. The quantitative estimate of drug-likeness (QED) is 0.849. The van der Waals surface area contributed by atoms with E-state index in [-0.39, 0.29) is 6.10 Å². The second-order valence-corrected chi connectivity index (χ2v) is 7.35. The maximum Gasteiger partial charge on any atom is 0.0700 e. The monoisotopic (exact) mass is 268 g/mol. The van der Waals surface area contributed by atoms with Gasteiger partial charge in [0.15, 0.2) is 0 Å². The molecule has 0 aromatic carbocycles. The number of piperidine rings is 1. The molecule has 112 valence electrons. The van der Waals surface area contributed by atoms with Gasteiger partial charge in [0.2, 0.25) is 0 Å². The Balaban J connectivity index is 1.86. The van der Waals surface area contributed by atoms with Crippen molar-refractivity contribution < 1.29 is 5.11 Å². The summed E-state index contributed by atoms with van der Waals surface area (Å²) < 4.78 is 0. The summed E-state index contributed by atoms with van der Waals surface area (Å²) in [4.78, 5) is 4.88. The maximum absolute atomic E-state index is 10.4. The predicted octanol–water partition coefficient (Wildman–Crippen LogP) is 2.06. The zero-order valence-electron chi connectivity index (χ0n) is 13.2. The average Bonchev–Trinajstić information content (AvgIpc) is 2.29. The van der Waals surface area contributed by atoms with Gasteiger partial charge in [-0.05, 0) is 70.6 Å². The summed E-state index contributed by atoms with van der Waals surface area (Å²) in [6.45, 7) is 8.18. The molecule has 0 aromatic heterocycles. The van der Waals surface area contributed by atoms with Gasteiger partial charge in [0.25, 0.3) is 0 Å². The molecule has 1 aliphatic heterocycles. The highest BCUT2D eigenvalue weighted by Gasteiger charge is 2.37. The molecule has 0 radical (unpaired) electrons. The molecule has 2 rings (SSSR count). The number of nitrogens with zero attached hydrogens (tertiary/aromatic N) is 2. The lowest BCUT2D eigenvalue weighted by Crippen LogP contribution is -2.54. The zero-order chi connectivity index (χ0) is 14.0. The van der Waals surface area contributed by atoms with E-state index < -0.39 is 0 Å². The lowest BCUT2D eigenvalue weighted by Gasteiger charge is -2.46.